The number of nitrogens with two attached hydrogens (primary N) is 1. The molecule has 1 saturated heterocycles. The van der Waals surface area contributed by atoms with Gasteiger partial charge in [0.05, 0.1) is 11.2 Å². The lowest BCUT2D eigenvalue weighted by Gasteiger charge is -2.40. The van der Waals surface area contributed by atoms with E-state index in [0.717, 1.165) is 40.8 Å². The van der Waals surface area contributed by atoms with E-state index in [0.29, 0.717) is 5.92 Å². The number of nitrogens with zero attached hydrogens (tertiary/aromatic N) is 3. The summed E-state index contributed by atoms with van der Waals surface area (Å²) in [6.07, 6.45) is 3.65. The van der Waals surface area contributed by atoms with Gasteiger partial charge in [0.2, 0.25) is 0 Å². The highest BCUT2D eigenvalue weighted by atomic mass is 79.9. The van der Waals surface area contributed by atoms with Crippen LogP contribution in [-0.4, -0.2) is 29.6 Å². The monoisotopic (exact) mass is 292 g/mol. The molecule has 2 aromatic heterocycles. The van der Waals surface area contributed by atoms with Crippen LogP contribution in [0.25, 0.3) is 11.0 Å². The molecule has 0 spiro atoms. The van der Waals surface area contributed by atoms with E-state index in [1.807, 2.05) is 24.5 Å². The Kier molecular flexibility index (Phi) is 2.72. The molecule has 2 aromatic rings. The molecule has 0 aliphatic carbocycles. The lowest BCUT2D eigenvalue weighted by atomic mass is 9.99. The van der Waals surface area contributed by atoms with Gasteiger partial charge in [-0.3, -0.25) is 9.97 Å². The maximum atomic E-state index is 5.65. The summed E-state index contributed by atoms with van der Waals surface area (Å²) in [7, 11) is 0. The number of anilines is 1. The van der Waals surface area contributed by atoms with E-state index in [9.17, 15) is 0 Å². The highest BCUT2D eigenvalue weighted by molar-refractivity contribution is 9.10. The predicted octanol–water partition coefficient (Wildman–Crippen LogP) is 1.79. The van der Waals surface area contributed by atoms with Crippen LogP contribution in [0.2, 0.25) is 0 Å². The third kappa shape index (κ3) is 1.89. The van der Waals surface area contributed by atoms with E-state index >= 15 is 0 Å². The minimum Gasteiger partial charge on any atom is -0.369 e. The van der Waals surface area contributed by atoms with E-state index in [4.69, 9.17) is 5.73 Å². The molecule has 3 rings (SSSR count). The Hall–Kier alpha value is -1.20. The first kappa shape index (κ1) is 10.9. The van der Waals surface area contributed by atoms with Crippen molar-refractivity contribution in [3.05, 3.63) is 29.0 Å². The van der Waals surface area contributed by atoms with Crippen molar-refractivity contribution in [2.45, 2.75) is 0 Å². The third-order valence-electron chi connectivity index (χ3n) is 3.15. The van der Waals surface area contributed by atoms with Crippen LogP contribution in [-0.2, 0) is 0 Å². The van der Waals surface area contributed by atoms with Gasteiger partial charge in [-0.05, 0) is 34.6 Å². The van der Waals surface area contributed by atoms with Crippen molar-refractivity contribution < 1.29 is 0 Å². The second kappa shape index (κ2) is 4.23. The molecule has 0 unspecified atom stereocenters. The van der Waals surface area contributed by atoms with Gasteiger partial charge in [0.25, 0.3) is 0 Å². The van der Waals surface area contributed by atoms with Gasteiger partial charge in [-0.25, -0.2) is 0 Å². The molecule has 0 saturated carbocycles. The second-order valence-electron chi connectivity index (χ2n) is 4.36. The lowest BCUT2D eigenvalue weighted by molar-refractivity contribution is 0.421. The summed E-state index contributed by atoms with van der Waals surface area (Å²) in [5, 5.41) is 0. The summed E-state index contributed by atoms with van der Waals surface area (Å²) in [4.78, 5) is 11.1. The number of fused-ring (bicyclic) bond motifs is 1. The van der Waals surface area contributed by atoms with Crippen LogP contribution in [0.5, 0.6) is 0 Å². The zero-order valence-electron chi connectivity index (χ0n) is 9.31. The Morgan fingerprint density at radius 3 is 3.00 bits per heavy atom. The largest absolute Gasteiger partial charge is 0.369 e. The molecular weight excluding hydrogens is 280 g/mol. The quantitative estimate of drug-likeness (QED) is 0.917. The first-order chi connectivity index (χ1) is 8.28. The Labute approximate surface area is 108 Å². The summed E-state index contributed by atoms with van der Waals surface area (Å²) in [6, 6.07) is 4.02. The van der Waals surface area contributed by atoms with Crippen LogP contribution in [0.15, 0.2) is 29.0 Å². The molecular formula is C12H13BrN4. The van der Waals surface area contributed by atoms with Crippen LogP contribution in [0.4, 0.5) is 5.69 Å². The predicted molar refractivity (Wildman–Crippen MR) is 72.0 cm³/mol. The molecule has 0 atom stereocenters. The summed E-state index contributed by atoms with van der Waals surface area (Å²) < 4.78 is 0.957. The zero-order valence-corrected chi connectivity index (χ0v) is 10.9. The van der Waals surface area contributed by atoms with Gasteiger partial charge in [0, 0.05) is 35.9 Å². The average molecular weight is 293 g/mol. The zero-order chi connectivity index (χ0) is 11.8. The van der Waals surface area contributed by atoms with Gasteiger partial charge < -0.3 is 10.6 Å². The van der Waals surface area contributed by atoms with Gasteiger partial charge in [0.15, 0.2) is 0 Å². The van der Waals surface area contributed by atoms with Crippen LogP contribution < -0.4 is 10.6 Å². The first-order valence-corrected chi connectivity index (χ1v) is 6.42. The molecule has 0 aromatic carbocycles. The number of rotatable bonds is 2. The fourth-order valence-electron chi connectivity index (χ4n) is 2.16. The van der Waals surface area contributed by atoms with Crippen molar-refractivity contribution in [3.63, 3.8) is 0 Å². The molecule has 2 N–H and O–H groups in total. The van der Waals surface area contributed by atoms with Crippen LogP contribution in [0.1, 0.15) is 0 Å². The molecule has 1 fully saturated rings. The maximum Gasteiger partial charge on any atom is 0.112 e. The number of hydrogen-bond acceptors (Lipinski definition) is 4. The fraction of sp³-hybridized carbons (Fsp3) is 0.333. The minimum atomic E-state index is 0.619. The molecule has 0 amide bonds. The maximum absolute atomic E-state index is 5.65. The van der Waals surface area contributed by atoms with Crippen molar-refractivity contribution in [3.8, 4) is 0 Å². The summed E-state index contributed by atoms with van der Waals surface area (Å²) >= 11 is 3.41. The van der Waals surface area contributed by atoms with E-state index < -0.39 is 0 Å². The molecule has 0 bridgehead atoms. The van der Waals surface area contributed by atoms with Crippen molar-refractivity contribution in [2.75, 3.05) is 24.5 Å². The number of hydrogen-bond donors (Lipinski definition) is 1. The number of pyridine rings is 2. The normalized spacial score (nSPS) is 16.2. The SMILES string of the molecule is NCC1CN(c2ccnc3cc(Br)cnc23)C1. The Morgan fingerprint density at radius 2 is 2.24 bits per heavy atom. The van der Waals surface area contributed by atoms with E-state index in [1.165, 1.54) is 0 Å². The van der Waals surface area contributed by atoms with Crippen molar-refractivity contribution in [2.24, 2.45) is 11.7 Å². The number of aromatic nitrogens is 2. The highest BCUT2D eigenvalue weighted by Crippen LogP contribution is 2.30. The van der Waals surface area contributed by atoms with E-state index in [-0.39, 0.29) is 0 Å². The minimum absolute atomic E-state index is 0.619. The molecule has 17 heavy (non-hydrogen) atoms. The number of halogens is 1. The molecule has 5 heteroatoms. The molecule has 1 aliphatic rings. The lowest BCUT2D eigenvalue weighted by Crippen LogP contribution is -2.50. The van der Waals surface area contributed by atoms with Crippen LogP contribution in [0, 0.1) is 5.92 Å². The van der Waals surface area contributed by atoms with Crippen molar-refractivity contribution >= 4 is 32.7 Å². The standard InChI is InChI=1S/C12H13BrN4/c13-9-3-10-12(16-5-9)11(1-2-15-10)17-6-8(4-14)7-17/h1-3,5,8H,4,6-7,14H2. The van der Waals surface area contributed by atoms with Gasteiger partial charge in [-0.1, -0.05) is 0 Å². The van der Waals surface area contributed by atoms with Gasteiger partial charge >= 0.3 is 0 Å². The molecule has 88 valence electrons. The second-order valence-corrected chi connectivity index (χ2v) is 5.27. The van der Waals surface area contributed by atoms with Crippen LogP contribution in [0.3, 0.4) is 0 Å². The Balaban J connectivity index is 2.00. The smallest absolute Gasteiger partial charge is 0.112 e. The third-order valence-corrected chi connectivity index (χ3v) is 3.59. The van der Waals surface area contributed by atoms with Crippen LogP contribution >= 0.6 is 15.9 Å². The Bertz CT molecular complexity index is 551. The Morgan fingerprint density at radius 1 is 1.41 bits per heavy atom. The summed E-state index contributed by atoms with van der Waals surface area (Å²) in [6.45, 7) is 2.80. The average Bonchev–Trinajstić information content (AvgIpc) is 2.27. The van der Waals surface area contributed by atoms with E-state index in [2.05, 4.69) is 30.8 Å². The highest BCUT2D eigenvalue weighted by Gasteiger charge is 2.27. The fourth-order valence-corrected chi connectivity index (χ4v) is 2.48. The first-order valence-electron chi connectivity index (χ1n) is 5.63. The summed E-state index contributed by atoms with van der Waals surface area (Å²) in [5.41, 5.74) is 8.69. The summed E-state index contributed by atoms with van der Waals surface area (Å²) in [5.74, 6) is 0.619. The molecule has 4 nitrogen and oxygen atoms in total. The van der Waals surface area contributed by atoms with Crippen molar-refractivity contribution in [1.29, 1.82) is 0 Å². The molecule has 1 aliphatic heterocycles. The van der Waals surface area contributed by atoms with Gasteiger partial charge in [0.1, 0.15) is 5.52 Å². The molecule has 3 heterocycles. The topological polar surface area (TPSA) is 55.0 Å². The van der Waals surface area contributed by atoms with Gasteiger partial charge in [-0.15, -0.1) is 0 Å². The van der Waals surface area contributed by atoms with E-state index in [1.54, 1.807) is 0 Å². The molecule has 0 radical (unpaired) electrons. The van der Waals surface area contributed by atoms with Crippen molar-refractivity contribution in [1.82, 2.24) is 9.97 Å². The van der Waals surface area contributed by atoms with Gasteiger partial charge in [-0.2, -0.15) is 0 Å².